The zero-order valence-electron chi connectivity index (χ0n) is 10.4. The molecule has 1 aromatic heterocycles. The first-order valence-corrected chi connectivity index (χ1v) is 7.80. The second kappa shape index (κ2) is 6.01. The summed E-state index contributed by atoms with van der Waals surface area (Å²) in [7, 11) is 3.42. The summed E-state index contributed by atoms with van der Waals surface area (Å²) in [4.78, 5) is 8.54. The van der Waals surface area contributed by atoms with Crippen molar-refractivity contribution in [2.45, 2.75) is 43.0 Å². The molecule has 0 N–H and O–H groups in total. The van der Waals surface area contributed by atoms with Gasteiger partial charge in [0, 0.05) is 10.9 Å². The second-order valence-corrected chi connectivity index (χ2v) is 7.56. The predicted molar refractivity (Wildman–Crippen MR) is 80.9 cm³/mol. The fourth-order valence-electron chi connectivity index (χ4n) is 0.894. The molecule has 0 amide bonds. The topological polar surface area (TPSA) is 25.2 Å². The van der Waals surface area contributed by atoms with E-state index in [1.807, 2.05) is 18.2 Å². The van der Waals surface area contributed by atoms with Gasteiger partial charge in [0.2, 0.25) is 0 Å². The number of thiocarbonyl (C=S) groups is 1. The molecular formula is C12H16N2S3. The van der Waals surface area contributed by atoms with Gasteiger partial charge in [-0.25, -0.2) is 9.98 Å². The van der Waals surface area contributed by atoms with Crippen molar-refractivity contribution >= 4 is 39.0 Å². The van der Waals surface area contributed by atoms with Gasteiger partial charge < -0.3 is 0 Å². The minimum Gasteiger partial charge on any atom is -0.249 e. The lowest BCUT2D eigenvalue weighted by Gasteiger charge is -2.36. The highest BCUT2D eigenvalue weighted by Gasteiger charge is 2.38. The first-order valence-electron chi connectivity index (χ1n) is 5.25. The average Bonchev–Trinajstić information content (AvgIpc) is 2.28. The van der Waals surface area contributed by atoms with Crippen LogP contribution in [0.5, 0.6) is 0 Å². The van der Waals surface area contributed by atoms with E-state index in [4.69, 9.17) is 12.2 Å². The van der Waals surface area contributed by atoms with Crippen molar-refractivity contribution < 1.29 is 0 Å². The summed E-state index contributed by atoms with van der Waals surface area (Å²) in [5.74, 6) is 0. The smallest absolute Gasteiger partial charge is 0.106 e. The van der Waals surface area contributed by atoms with Gasteiger partial charge in [-0.1, -0.05) is 16.9 Å². The standard InChI is InChI=1S/C12H16N2S3/c1-11(2,14-9-15)12(3,4)17-16-10-7-5-6-8-13-10/h5-8H,1-4H3. The molecular weight excluding hydrogens is 268 g/mol. The first-order chi connectivity index (χ1) is 7.89. The van der Waals surface area contributed by atoms with Crippen LogP contribution in [0.4, 0.5) is 0 Å². The normalized spacial score (nSPS) is 12.0. The maximum atomic E-state index is 4.70. The molecule has 0 atom stereocenters. The van der Waals surface area contributed by atoms with Gasteiger partial charge >= 0.3 is 0 Å². The van der Waals surface area contributed by atoms with Crippen LogP contribution in [-0.2, 0) is 0 Å². The van der Waals surface area contributed by atoms with Crippen molar-refractivity contribution in [3.8, 4) is 0 Å². The molecule has 1 aromatic rings. The lowest BCUT2D eigenvalue weighted by Crippen LogP contribution is -2.40. The Hall–Kier alpha value is -0.350. The number of isothiocyanates is 1. The average molecular weight is 284 g/mol. The van der Waals surface area contributed by atoms with Gasteiger partial charge in [0.15, 0.2) is 0 Å². The highest BCUT2D eigenvalue weighted by atomic mass is 33.1. The van der Waals surface area contributed by atoms with Gasteiger partial charge in [-0.15, -0.1) is 0 Å². The third-order valence-electron chi connectivity index (χ3n) is 2.77. The van der Waals surface area contributed by atoms with E-state index in [2.05, 4.69) is 42.8 Å². The van der Waals surface area contributed by atoms with Gasteiger partial charge in [-0.2, -0.15) is 0 Å². The zero-order valence-corrected chi connectivity index (χ0v) is 12.9. The molecule has 0 radical (unpaired) electrons. The molecule has 5 heteroatoms. The van der Waals surface area contributed by atoms with Crippen LogP contribution in [0, 0.1) is 0 Å². The Kier molecular flexibility index (Phi) is 5.20. The molecule has 0 aliphatic rings. The highest BCUT2D eigenvalue weighted by molar-refractivity contribution is 8.77. The largest absolute Gasteiger partial charge is 0.249 e. The Balaban J connectivity index is 2.70. The van der Waals surface area contributed by atoms with Crippen molar-refractivity contribution in [1.29, 1.82) is 0 Å². The summed E-state index contributed by atoms with van der Waals surface area (Å²) in [5, 5.41) is 3.49. The van der Waals surface area contributed by atoms with Gasteiger partial charge in [-0.05, 0) is 62.8 Å². The maximum absolute atomic E-state index is 4.70. The highest BCUT2D eigenvalue weighted by Crippen LogP contribution is 2.46. The number of rotatable bonds is 5. The van der Waals surface area contributed by atoms with Crippen molar-refractivity contribution in [3.05, 3.63) is 24.4 Å². The lowest BCUT2D eigenvalue weighted by atomic mass is 9.91. The van der Waals surface area contributed by atoms with E-state index in [-0.39, 0.29) is 10.3 Å². The van der Waals surface area contributed by atoms with E-state index in [0.29, 0.717) is 0 Å². The molecule has 0 bridgehead atoms. The summed E-state index contributed by atoms with van der Waals surface area (Å²) in [5.41, 5.74) is -0.249. The lowest BCUT2D eigenvalue weighted by molar-refractivity contribution is 0.420. The summed E-state index contributed by atoms with van der Waals surface area (Å²) < 4.78 is -0.0546. The first kappa shape index (κ1) is 14.7. The van der Waals surface area contributed by atoms with Crippen LogP contribution >= 0.6 is 33.8 Å². The van der Waals surface area contributed by atoms with Gasteiger partial charge in [-0.3, -0.25) is 0 Å². The summed E-state index contributed by atoms with van der Waals surface area (Å²) in [6, 6.07) is 5.91. The number of aliphatic imine (C=N–C) groups is 1. The molecule has 1 rings (SSSR count). The summed E-state index contributed by atoms with van der Waals surface area (Å²) in [6.07, 6.45) is 1.80. The number of pyridine rings is 1. The molecule has 0 fully saturated rings. The van der Waals surface area contributed by atoms with E-state index in [9.17, 15) is 0 Å². The summed E-state index contributed by atoms with van der Waals surface area (Å²) in [6.45, 7) is 8.45. The third-order valence-corrected chi connectivity index (χ3v) is 6.29. The molecule has 0 unspecified atom stereocenters. The zero-order chi connectivity index (χ0) is 12.9. The Morgan fingerprint density at radius 3 is 2.53 bits per heavy atom. The molecule has 1 heterocycles. The third kappa shape index (κ3) is 4.11. The van der Waals surface area contributed by atoms with Crippen molar-refractivity contribution in [2.75, 3.05) is 0 Å². The van der Waals surface area contributed by atoms with E-state index < -0.39 is 0 Å². The Bertz CT molecular complexity index is 409. The molecule has 17 heavy (non-hydrogen) atoms. The molecule has 0 spiro atoms. The van der Waals surface area contributed by atoms with E-state index in [1.54, 1.807) is 27.8 Å². The fourth-order valence-corrected chi connectivity index (χ4v) is 3.69. The van der Waals surface area contributed by atoms with Crippen LogP contribution in [0.3, 0.4) is 0 Å². The Morgan fingerprint density at radius 2 is 2.00 bits per heavy atom. The Morgan fingerprint density at radius 1 is 1.29 bits per heavy atom. The summed E-state index contributed by atoms with van der Waals surface area (Å²) >= 11 is 4.70. The molecule has 0 aromatic carbocycles. The SMILES string of the molecule is CC(C)(N=C=S)C(C)(C)SSc1ccccn1. The fraction of sp³-hybridized carbons (Fsp3) is 0.500. The molecule has 92 valence electrons. The molecule has 0 saturated heterocycles. The van der Waals surface area contributed by atoms with Crippen molar-refractivity contribution in [2.24, 2.45) is 4.99 Å². The van der Waals surface area contributed by atoms with Crippen LogP contribution in [-0.4, -0.2) is 20.4 Å². The maximum Gasteiger partial charge on any atom is 0.106 e. The monoisotopic (exact) mass is 284 g/mol. The molecule has 0 saturated carbocycles. The van der Waals surface area contributed by atoms with Crippen molar-refractivity contribution in [3.63, 3.8) is 0 Å². The quantitative estimate of drug-likeness (QED) is 0.452. The van der Waals surface area contributed by atoms with E-state index in [0.717, 1.165) is 5.03 Å². The van der Waals surface area contributed by atoms with E-state index >= 15 is 0 Å². The van der Waals surface area contributed by atoms with E-state index in [1.165, 1.54) is 0 Å². The number of hydrogen-bond donors (Lipinski definition) is 0. The van der Waals surface area contributed by atoms with Crippen LogP contribution in [0.2, 0.25) is 0 Å². The minimum absolute atomic E-state index is 0.0546. The molecule has 0 aliphatic heterocycles. The predicted octanol–water partition coefficient (Wildman–Crippen LogP) is 4.48. The van der Waals surface area contributed by atoms with Crippen LogP contribution in [0.15, 0.2) is 34.4 Å². The van der Waals surface area contributed by atoms with Crippen molar-refractivity contribution in [1.82, 2.24) is 4.98 Å². The van der Waals surface area contributed by atoms with Gasteiger partial charge in [0.25, 0.3) is 0 Å². The number of nitrogens with zero attached hydrogens (tertiary/aromatic N) is 2. The Labute approximate surface area is 116 Å². The second-order valence-electron chi connectivity index (χ2n) is 4.61. The minimum atomic E-state index is -0.249. The van der Waals surface area contributed by atoms with Gasteiger partial charge in [0.1, 0.15) is 5.03 Å². The van der Waals surface area contributed by atoms with Crippen LogP contribution in [0.1, 0.15) is 27.7 Å². The number of aromatic nitrogens is 1. The van der Waals surface area contributed by atoms with Crippen LogP contribution < -0.4 is 0 Å². The number of hydrogen-bond acceptors (Lipinski definition) is 5. The molecule has 0 aliphatic carbocycles. The van der Waals surface area contributed by atoms with Gasteiger partial charge in [0.05, 0.1) is 10.7 Å². The molecule has 2 nitrogen and oxygen atoms in total. The van der Waals surface area contributed by atoms with Crippen LogP contribution in [0.25, 0.3) is 0 Å².